The molecule has 0 bridgehead atoms. The van der Waals surface area contributed by atoms with Crippen LogP contribution in [-0.2, 0) is 10.8 Å². The SMILES string of the molecule is CC1(C)c2ccccc2-c2ccc(N(c3ccc4c(c3)C(C)(C)c3cc(-c5c6ccccc6c(-c6cccc7ccccc67)c6ccccc56)ccc3-4)c3ccccn3)cc21. The molecule has 61 heavy (non-hydrogen) atoms. The molecule has 0 unspecified atom stereocenters. The first kappa shape index (κ1) is 35.6. The first-order valence-corrected chi connectivity index (χ1v) is 21.5. The van der Waals surface area contributed by atoms with Crippen LogP contribution in [0.1, 0.15) is 49.9 Å². The summed E-state index contributed by atoms with van der Waals surface area (Å²) in [6.45, 7) is 9.48. The lowest BCUT2D eigenvalue weighted by atomic mass is 9.80. The number of benzene rings is 9. The molecule has 0 aliphatic heterocycles. The molecule has 2 heteroatoms. The summed E-state index contributed by atoms with van der Waals surface area (Å²) >= 11 is 0. The smallest absolute Gasteiger partial charge is 0.137 e. The molecule has 1 heterocycles. The summed E-state index contributed by atoms with van der Waals surface area (Å²) in [5.41, 5.74) is 17.6. The predicted molar refractivity (Wildman–Crippen MR) is 257 cm³/mol. The van der Waals surface area contributed by atoms with Crippen molar-refractivity contribution in [3.05, 3.63) is 217 Å². The molecule has 290 valence electrons. The van der Waals surface area contributed by atoms with Crippen molar-refractivity contribution in [2.24, 2.45) is 0 Å². The van der Waals surface area contributed by atoms with E-state index in [-0.39, 0.29) is 10.8 Å². The minimum absolute atomic E-state index is 0.107. The summed E-state index contributed by atoms with van der Waals surface area (Å²) in [7, 11) is 0. The van der Waals surface area contributed by atoms with Crippen molar-refractivity contribution < 1.29 is 0 Å². The average Bonchev–Trinajstić information content (AvgIpc) is 3.67. The van der Waals surface area contributed by atoms with Crippen LogP contribution in [0, 0.1) is 0 Å². The number of hydrogen-bond acceptors (Lipinski definition) is 2. The minimum atomic E-state index is -0.247. The zero-order valence-corrected chi connectivity index (χ0v) is 34.9. The van der Waals surface area contributed by atoms with Crippen molar-refractivity contribution in [1.29, 1.82) is 0 Å². The van der Waals surface area contributed by atoms with Crippen LogP contribution in [0.4, 0.5) is 17.2 Å². The van der Waals surface area contributed by atoms with Gasteiger partial charge >= 0.3 is 0 Å². The van der Waals surface area contributed by atoms with Crippen LogP contribution in [0.2, 0.25) is 0 Å². The number of rotatable bonds is 5. The maximum Gasteiger partial charge on any atom is 0.137 e. The van der Waals surface area contributed by atoms with E-state index in [0.29, 0.717) is 0 Å². The van der Waals surface area contributed by atoms with E-state index in [1.165, 1.54) is 99.1 Å². The van der Waals surface area contributed by atoms with Crippen LogP contribution in [0.15, 0.2) is 194 Å². The molecule has 0 radical (unpaired) electrons. The Hall–Kier alpha value is -7.29. The van der Waals surface area contributed by atoms with E-state index in [4.69, 9.17) is 4.98 Å². The molecule has 0 N–H and O–H groups in total. The molecule has 0 saturated heterocycles. The standard InChI is InChI=1S/C59H44N2/c1-58(2)51-25-12-11-19-42(51)44-31-28-39(35-53(44)58)61(55-26-13-14-33-60-55)40-29-32-45-43-30-27-38(34-52(43)59(3,4)54(45)36-40)56-47-20-7-9-22-49(47)57(50-23-10-8-21-48(50)56)46-24-15-17-37-16-5-6-18-41(37)46/h5-36H,1-4H3. The maximum atomic E-state index is 4.93. The molecule has 2 nitrogen and oxygen atoms in total. The maximum absolute atomic E-state index is 4.93. The number of hydrogen-bond donors (Lipinski definition) is 0. The Morgan fingerprint density at radius 1 is 0.361 bits per heavy atom. The van der Waals surface area contributed by atoms with Crippen LogP contribution >= 0.6 is 0 Å². The molecule has 12 rings (SSSR count). The summed E-state index contributed by atoms with van der Waals surface area (Å²) in [5.74, 6) is 0.900. The van der Waals surface area contributed by atoms with Gasteiger partial charge in [-0.2, -0.15) is 0 Å². The Morgan fingerprint density at radius 2 is 0.836 bits per heavy atom. The predicted octanol–water partition coefficient (Wildman–Crippen LogP) is 16.0. The van der Waals surface area contributed by atoms with Crippen molar-refractivity contribution in [3.8, 4) is 44.5 Å². The van der Waals surface area contributed by atoms with Crippen LogP contribution in [0.5, 0.6) is 0 Å². The third-order valence-corrected chi connectivity index (χ3v) is 13.9. The van der Waals surface area contributed by atoms with Gasteiger partial charge in [-0.25, -0.2) is 4.98 Å². The topological polar surface area (TPSA) is 16.1 Å². The van der Waals surface area contributed by atoms with Crippen LogP contribution < -0.4 is 4.90 Å². The Morgan fingerprint density at radius 3 is 1.48 bits per heavy atom. The highest BCUT2D eigenvalue weighted by Crippen LogP contribution is 2.54. The molecule has 0 spiro atoms. The quantitative estimate of drug-likeness (QED) is 0.162. The monoisotopic (exact) mass is 780 g/mol. The van der Waals surface area contributed by atoms with Crippen molar-refractivity contribution in [3.63, 3.8) is 0 Å². The van der Waals surface area contributed by atoms with Gasteiger partial charge in [0.25, 0.3) is 0 Å². The average molecular weight is 781 g/mol. The molecule has 0 saturated carbocycles. The van der Waals surface area contributed by atoms with E-state index in [1.807, 2.05) is 12.3 Å². The molecular formula is C59H44N2. The molecule has 0 amide bonds. The number of anilines is 3. The fraction of sp³-hybridized carbons (Fsp3) is 0.102. The lowest BCUT2D eigenvalue weighted by Crippen LogP contribution is -2.18. The molecular weight excluding hydrogens is 737 g/mol. The molecule has 1 aromatic heterocycles. The van der Waals surface area contributed by atoms with Gasteiger partial charge in [0.05, 0.1) is 0 Å². The van der Waals surface area contributed by atoms with Gasteiger partial charge in [-0.1, -0.05) is 173 Å². The summed E-state index contributed by atoms with van der Waals surface area (Å²) in [4.78, 5) is 7.26. The third kappa shape index (κ3) is 5.18. The summed E-state index contributed by atoms with van der Waals surface area (Å²) in [6.07, 6.45) is 1.90. The zero-order valence-electron chi connectivity index (χ0n) is 34.9. The van der Waals surface area contributed by atoms with Gasteiger partial charge in [0.15, 0.2) is 0 Å². The van der Waals surface area contributed by atoms with E-state index in [0.717, 1.165) is 17.2 Å². The first-order valence-electron chi connectivity index (χ1n) is 21.5. The van der Waals surface area contributed by atoms with Gasteiger partial charge in [0, 0.05) is 28.4 Å². The van der Waals surface area contributed by atoms with E-state index in [1.54, 1.807) is 0 Å². The van der Waals surface area contributed by atoms with Crippen molar-refractivity contribution in [2.75, 3.05) is 4.90 Å². The zero-order chi connectivity index (χ0) is 41.0. The molecule has 9 aromatic carbocycles. The number of nitrogens with zero attached hydrogens (tertiary/aromatic N) is 2. The van der Waals surface area contributed by atoms with Gasteiger partial charge in [-0.3, -0.25) is 4.90 Å². The molecule has 2 aliphatic rings. The second-order valence-corrected chi connectivity index (χ2v) is 17.9. The van der Waals surface area contributed by atoms with Crippen molar-refractivity contribution >= 4 is 49.5 Å². The van der Waals surface area contributed by atoms with E-state index >= 15 is 0 Å². The van der Waals surface area contributed by atoms with Gasteiger partial charge in [0.2, 0.25) is 0 Å². The second-order valence-electron chi connectivity index (χ2n) is 17.9. The Kier molecular flexibility index (Phi) is 7.66. The lowest BCUT2D eigenvalue weighted by Gasteiger charge is -2.29. The van der Waals surface area contributed by atoms with E-state index in [9.17, 15) is 0 Å². The minimum Gasteiger partial charge on any atom is -0.295 e. The molecule has 10 aromatic rings. The Labute approximate surface area is 357 Å². The summed E-state index contributed by atoms with van der Waals surface area (Å²) in [6, 6.07) is 69.7. The second kappa shape index (κ2) is 13.1. The van der Waals surface area contributed by atoms with Crippen LogP contribution in [-0.4, -0.2) is 4.98 Å². The fourth-order valence-electron chi connectivity index (χ4n) is 10.9. The van der Waals surface area contributed by atoms with Crippen molar-refractivity contribution in [2.45, 2.75) is 38.5 Å². The largest absolute Gasteiger partial charge is 0.295 e. The van der Waals surface area contributed by atoms with Gasteiger partial charge in [0.1, 0.15) is 5.82 Å². The lowest BCUT2D eigenvalue weighted by molar-refractivity contribution is 0.660. The summed E-state index contributed by atoms with van der Waals surface area (Å²) in [5, 5.41) is 7.61. The summed E-state index contributed by atoms with van der Waals surface area (Å²) < 4.78 is 0. The van der Waals surface area contributed by atoms with Crippen molar-refractivity contribution in [1.82, 2.24) is 4.98 Å². The highest BCUT2D eigenvalue weighted by atomic mass is 15.2. The van der Waals surface area contributed by atoms with Gasteiger partial charge in [-0.15, -0.1) is 0 Å². The third-order valence-electron chi connectivity index (χ3n) is 13.9. The fourth-order valence-corrected chi connectivity index (χ4v) is 10.9. The first-order chi connectivity index (χ1) is 29.8. The van der Waals surface area contributed by atoms with Crippen LogP contribution in [0.3, 0.4) is 0 Å². The molecule has 2 aliphatic carbocycles. The normalized spacial score (nSPS) is 14.2. The molecule has 0 atom stereocenters. The van der Waals surface area contributed by atoms with Crippen LogP contribution in [0.25, 0.3) is 76.8 Å². The Bertz CT molecular complexity index is 3360. The highest BCUT2D eigenvalue weighted by molar-refractivity contribution is 6.23. The van der Waals surface area contributed by atoms with Gasteiger partial charge in [-0.05, 0) is 142 Å². The number of aromatic nitrogens is 1. The highest BCUT2D eigenvalue weighted by Gasteiger charge is 2.38. The molecule has 0 fully saturated rings. The van der Waals surface area contributed by atoms with E-state index in [2.05, 4.69) is 215 Å². The van der Waals surface area contributed by atoms with Gasteiger partial charge < -0.3 is 0 Å². The van der Waals surface area contributed by atoms with E-state index < -0.39 is 0 Å². The number of pyridine rings is 1. The number of fused-ring (bicyclic) bond motifs is 9. The Balaban J connectivity index is 1.00.